The minimum Gasteiger partial charge on any atom is -0.394 e. The predicted octanol–water partition coefficient (Wildman–Crippen LogP) is -1.85. The lowest BCUT2D eigenvalue weighted by Crippen LogP contribution is -2.29. The van der Waals surface area contributed by atoms with Crippen molar-refractivity contribution in [3.8, 4) is 0 Å². The molecule has 0 bridgehead atoms. The van der Waals surface area contributed by atoms with E-state index in [0.717, 1.165) is 10.9 Å². The van der Waals surface area contributed by atoms with Crippen LogP contribution >= 0.6 is 0 Å². The minimum atomic E-state index is -1.75. The second kappa shape index (κ2) is 4.52. The highest BCUT2D eigenvalue weighted by Gasteiger charge is 2.45. The number of hydrogen-bond donors (Lipinski definition) is 4. The number of alkyl halides is 1. The molecule has 0 radical (unpaired) electrons. The third kappa shape index (κ3) is 1.82. The molecule has 1 amide bonds. The first-order valence-electron chi connectivity index (χ1n) is 5.18. The molecule has 1 saturated heterocycles. The number of nitrogens with two attached hydrogens (primary N) is 2. The van der Waals surface area contributed by atoms with Crippen molar-refractivity contribution in [1.82, 2.24) is 9.55 Å². The van der Waals surface area contributed by atoms with Gasteiger partial charge in [-0.3, -0.25) is 9.36 Å². The Hall–Kier alpha value is -1.71. The van der Waals surface area contributed by atoms with Crippen LogP contribution in [0.15, 0.2) is 6.33 Å². The molecule has 1 aromatic heterocycles. The summed E-state index contributed by atoms with van der Waals surface area (Å²) in [6.07, 6.45) is -4.45. The molecule has 2 rings (SSSR count). The Bertz CT molecular complexity index is 465. The van der Waals surface area contributed by atoms with Crippen molar-refractivity contribution >= 4 is 11.7 Å². The number of primary amides is 1. The fraction of sp³-hybridized carbons (Fsp3) is 0.556. The fourth-order valence-electron chi connectivity index (χ4n) is 1.85. The summed E-state index contributed by atoms with van der Waals surface area (Å²) < 4.78 is 19.7. The number of halogens is 1. The minimum absolute atomic E-state index is 0.127. The van der Waals surface area contributed by atoms with Crippen molar-refractivity contribution in [1.29, 1.82) is 0 Å². The smallest absolute Gasteiger partial charge is 0.271 e. The van der Waals surface area contributed by atoms with Gasteiger partial charge in [0.25, 0.3) is 5.91 Å². The molecule has 6 N–H and O–H groups in total. The number of amides is 1. The van der Waals surface area contributed by atoms with Crippen molar-refractivity contribution in [2.24, 2.45) is 5.73 Å². The number of hydrogen-bond acceptors (Lipinski definition) is 6. The molecule has 8 nitrogen and oxygen atoms in total. The summed E-state index contributed by atoms with van der Waals surface area (Å²) in [7, 11) is 0. The fourth-order valence-corrected chi connectivity index (χ4v) is 1.85. The van der Waals surface area contributed by atoms with Gasteiger partial charge in [0.2, 0.25) is 0 Å². The van der Waals surface area contributed by atoms with Crippen LogP contribution in [0.5, 0.6) is 0 Å². The largest absolute Gasteiger partial charge is 0.394 e. The Labute approximate surface area is 101 Å². The lowest BCUT2D eigenvalue weighted by Gasteiger charge is -2.17. The third-order valence-electron chi connectivity index (χ3n) is 2.81. The monoisotopic (exact) mass is 260 g/mol. The van der Waals surface area contributed by atoms with Crippen LogP contribution in [0.3, 0.4) is 0 Å². The molecule has 0 saturated carbocycles. The van der Waals surface area contributed by atoms with Gasteiger partial charge in [-0.1, -0.05) is 0 Å². The molecule has 100 valence electrons. The molecule has 9 heteroatoms. The summed E-state index contributed by atoms with van der Waals surface area (Å²) in [4.78, 5) is 14.6. The molecule has 1 aliphatic heterocycles. The number of aliphatic hydroxyl groups is 2. The first kappa shape index (κ1) is 12.7. The second-order valence-corrected chi connectivity index (χ2v) is 3.93. The van der Waals surface area contributed by atoms with Crippen molar-refractivity contribution in [2.45, 2.75) is 24.6 Å². The van der Waals surface area contributed by atoms with E-state index in [1.165, 1.54) is 0 Å². The van der Waals surface area contributed by atoms with Gasteiger partial charge < -0.3 is 26.4 Å². The maximum atomic E-state index is 13.5. The topological polar surface area (TPSA) is 137 Å². The SMILES string of the molecule is NC(=O)c1ncn(C2OC(CO)C(F)C2O)c1N. The number of carbonyl (C=O) groups is 1. The van der Waals surface area contributed by atoms with Crippen molar-refractivity contribution < 1.29 is 24.1 Å². The van der Waals surface area contributed by atoms with Gasteiger partial charge >= 0.3 is 0 Å². The molecule has 1 fully saturated rings. The van der Waals surface area contributed by atoms with Crippen LogP contribution in [0.4, 0.5) is 10.2 Å². The standard InChI is InChI=1S/C9H13FN4O4/c10-4-3(1-15)18-9(6(4)16)14-2-13-5(7(14)11)8(12)17/h2-4,6,9,15-16H,1,11H2,(H2,12,17). The highest BCUT2D eigenvalue weighted by molar-refractivity contribution is 5.95. The number of aliphatic hydroxyl groups excluding tert-OH is 2. The van der Waals surface area contributed by atoms with E-state index in [-0.39, 0.29) is 11.5 Å². The van der Waals surface area contributed by atoms with E-state index in [9.17, 15) is 14.3 Å². The Morgan fingerprint density at radius 1 is 1.67 bits per heavy atom. The number of aromatic nitrogens is 2. The maximum Gasteiger partial charge on any atom is 0.271 e. The van der Waals surface area contributed by atoms with Gasteiger partial charge in [0.15, 0.2) is 18.1 Å². The summed E-state index contributed by atoms with van der Waals surface area (Å²) in [5, 5.41) is 18.5. The molecule has 0 aliphatic carbocycles. The van der Waals surface area contributed by atoms with E-state index in [1.807, 2.05) is 0 Å². The van der Waals surface area contributed by atoms with Crippen LogP contribution in [0, 0.1) is 0 Å². The van der Waals surface area contributed by atoms with Crippen LogP contribution in [0.25, 0.3) is 0 Å². The average molecular weight is 260 g/mol. The number of anilines is 1. The second-order valence-electron chi connectivity index (χ2n) is 3.93. The van der Waals surface area contributed by atoms with E-state index in [2.05, 4.69) is 4.98 Å². The summed E-state index contributed by atoms with van der Waals surface area (Å²) >= 11 is 0. The Balaban J connectivity index is 2.30. The van der Waals surface area contributed by atoms with Crippen molar-refractivity contribution in [2.75, 3.05) is 12.3 Å². The first-order chi connectivity index (χ1) is 8.47. The summed E-state index contributed by atoms with van der Waals surface area (Å²) in [5.74, 6) is -0.966. The highest BCUT2D eigenvalue weighted by Crippen LogP contribution is 2.33. The first-order valence-corrected chi connectivity index (χ1v) is 5.18. The normalized spacial score (nSPS) is 31.7. The zero-order chi connectivity index (χ0) is 13.4. The van der Waals surface area contributed by atoms with Crippen molar-refractivity contribution in [3.63, 3.8) is 0 Å². The zero-order valence-electron chi connectivity index (χ0n) is 9.23. The number of nitrogens with zero attached hydrogens (tertiary/aromatic N) is 2. The molecule has 1 aromatic rings. The van der Waals surface area contributed by atoms with Gasteiger partial charge in [0, 0.05) is 0 Å². The Kier molecular flexibility index (Phi) is 3.20. The Morgan fingerprint density at radius 2 is 2.33 bits per heavy atom. The van der Waals surface area contributed by atoms with Crippen LogP contribution < -0.4 is 11.5 Å². The van der Waals surface area contributed by atoms with Crippen LogP contribution in [-0.4, -0.2) is 50.7 Å². The number of ether oxygens (including phenoxy) is 1. The van der Waals surface area contributed by atoms with E-state index in [0.29, 0.717) is 0 Å². The molecular weight excluding hydrogens is 247 g/mol. The van der Waals surface area contributed by atoms with Gasteiger partial charge in [-0.15, -0.1) is 0 Å². The quantitative estimate of drug-likeness (QED) is 0.503. The zero-order valence-corrected chi connectivity index (χ0v) is 9.23. The molecule has 0 spiro atoms. The molecular formula is C9H13FN4O4. The van der Waals surface area contributed by atoms with E-state index in [4.69, 9.17) is 21.3 Å². The lowest BCUT2D eigenvalue weighted by molar-refractivity contribution is -0.0503. The summed E-state index contributed by atoms with van der Waals surface area (Å²) in [6.45, 7) is -0.577. The molecule has 18 heavy (non-hydrogen) atoms. The van der Waals surface area contributed by atoms with E-state index in [1.54, 1.807) is 0 Å². The molecule has 4 unspecified atom stereocenters. The van der Waals surface area contributed by atoms with Gasteiger partial charge in [-0.2, -0.15) is 0 Å². The van der Waals surface area contributed by atoms with E-state index >= 15 is 0 Å². The number of carbonyl (C=O) groups excluding carboxylic acids is 1. The predicted molar refractivity (Wildman–Crippen MR) is 57.1 cm³/mol. The Morgan fingerprint density at radius 3 is 2.78 bits per heavy atom. The van der Waals surface area contributed by atoms with Gasteiger partial charge in [-0.05, 0) is 0 Å². The highest BCUT2D eigenvalue weighted by atomic mass is 19.1. The third-order valence-corrected chi connectivity index (χ3v) is 2.81. The lowest BCUT2D eigenvalue weighted by atomic mass is 10.1. The molecule has 0 aromatic carbocycles. The average Bonchev–Trinajstić information content (AvgIpc) is 2.82. The maximum absolute atomic E-state index is 13.5. The molecule has 2 heterocycles. The number of nitrogen functional groups attached to an aromatic ring is 1. The summed E-state index contributed by atoms with van der Waals surface area (Å²) in [5.41, 5.74) is 10.4. The number of imidazole rings is 1. The van der Waals surface area contributed by atoms with Crippen LogP contribution in [0.1, 0.15) is 16.7 Å². The van der Waals surface area contributed by atoms with Gasteiger partial charge in [-0.25, -0.2) is 9.37 Å². The molecule has 1 aliphatic rings. The summed E-state index contributed by atoms with van der Waals surface area (Å²) in [6, 6.07) is 0. The van der Waals surface area contributed by atoms with Crippen LogP contribution in [0.2, 0.25) is 0 Å². The van der Waals surface area contributed by atoms with Crippen LogP contribution in [-0.2, 0) is 4.74 Å². The number of rotatable bonds is 3. The van der Waals surface area contributed by atoms with Gasteiger partial charge in [0.1, 0.15) is 18.0 Å². The van der Waals surface area contributed by atoms with E-state index < -0.39 is 37.1 Å². The molecule has 4 atom stereocenters. The van der Waals surface area contributed by atoms with Gasteiger partial charge in [0.05, 0.1) is 12.9 Å². The van der Waals surface area contributed by atoms with Crippen molar-refractivity contribution in [3.05, 3.63) is 12.0 Å².